The number of aliphatic hydroxyl groups excluding tert-OH is 1. The van der Waals surface area contributed by atoms with Gasteiger partial charge in [-0.2, -0.15) is 18.5 Å². The molecule has 1 aromatic heterocycles. The highest BCUT2D eigenvalue weighted by Gasteiger charge is 2.11. The first kappa shape index (κ1) is 16.5. The Morgan fingerprint density at radius 2 is 2.10 bits per heavy atom. The quantitative estimate of drug-likeness (QED) is 0.787. The van der Waals surface area contributed by atoms with Crippen molar-refractivity contribution in [2.24, 2.45) is 0 Å². The molecule has 0 radical (unpaired) electrons. The van der Waals surface area contributed by atoms with Crippen LogP contribution in [0.2, 0.25) is 0 Å². The number of fused-ring (bicyclic) bond motifs is 1. The average molecular weight is 294 g/mol. The Balaban J connectivity index is 0.00000200. The van der Waals surface area contributed by atoms with Gasteiger partial charge in [0.1, 0.15) is 5.82 Å². The number of aromatic nitrogens is 2. The third-order valence-electron chi connectivity index (χ3n) is 3.07. The maximum atomic E-state index is 9.38. The topological polar surface area (TPSA) is 84.1 Å². The van der Waals surface area contributed by atoms with Crippen molar-refractivity contribution in [3.63, 3.8) is 0 Å². The highest BCUT2D eigenvalue weighted by atomic mass is 32.1. The molecule has 0 aliphatic carbocycles. The van der Waals surface area contributed by atoms with Gasteiger partial charge in [0.05, 0.1) is 18.2 Å². The third-order valence-corrected chi connectivity index (χ3v) is 3.07. The van der Waals surface area contributed by atoms with Crippen LogP contribution in [0.1, 0.15) is 25.3 Å². The molecule has 1 heterocycles. The number of aryl methyl sites for hydroxylation is 1. The Bertz CT molecular complexity index is 576. The second-order valence-corrected chi connectivity index (χ2v) is 4.76. The number of hydrogen-bond acceptors (Lipinski definition) is 5. The van der Waals surface area contributed by atoms with Crippen LogP contribution >= 0.6 is 13.5 Å². The van der Waals surface area contributed by atoms with Crippen LogP contribution in [0.15, 0.2) is 18.2 Å². The van der Waals surface area contributed by atoms with E-state index < -0.39 is 0 Å². The van der Waals surface area contributed by atoms with Crippen molar-refractivity contribution in [2.45, 2.75) is 32.7 Å². The lowest BCUT2D eigenvalue weighted by atomic mass is 10.1. The molecule has 0 fully saturated rings. The maximum absolute atomic E-state index is 9.38. The standard InChI is InChI=1S/C14H20N4O.H2S/c1-3-4-10(8-19)16-13-11-7-9(2)5-6-12(11)17-14(15)18-13;/h5-7,10,19H,3-4,8H2,1-2H3,(H3,15,16,17,18);1H2/t10-;/m0./s1. The number of hydrogen-bond donors (Lipinski definition) is 3. The molecule has 5 nitrogen and oxygen atoms in total. The molecule has 2 aromatic rings. The van der Waals surface area contributed by atoms with Crippen LogP contribution in [0.5, 0.6) is 0 Å². The summed E-state index contributed by atoms with van der Waals surface area (Å²) in [6.07, 6.45) is 1.88. The Hall–Kier alpha value is -1.53. The van der Waals surface area contributed by atoms with Gasteiger partial charge in [-0.1, -0.05) is 25.0 Å². The number of rotatable bonds is 5. The van der Waals surface area contributed by atoms with E-state index in [4.69, 9.17) is 5.73 Å². The number of anilines is 2. The molecule has 0 aliphatic heterocycles. The number of benzene rings is 1. The Morgan fingerprint density at radius 3 is 2.75 bits per heavy atom. The molecule has 0 bridgehead atoms. The van der Waals surface area contributed by atoms with Gasteiger partial charge in [-0.05, 0) is 25.5 Å². The summed E-state index contributed by atoms with van der Waals surface area (Å²) in [7, 11) is 0. The van der Waals surface area contributed by atoms with Crippen LogP contribution in [-0.4, -0.2) is 27.7 Å². The molecule has 0 saturated carbocycles. The van der Waals surface area contributed by atoms with Gasteiger partial charge >= 0.3 is 0 Å². The molecule has 110 valence electrons. The summed E-state index contributed by atoms with van der Waals surface area (Å²) in [5.74, 6) is 0.936. The minimum absolute atomic E-state index is 0. The lowest BCUT2D eigenvalue weighted by molar-refractivity contribution is 0.268. The van der Waals surface area contributed by atoms with Crippen LogP contribution < -0.4 is 11.1 Å². The van der Waals surface area contributed by atoms with E-state index in [1.165, 1.54) is 0 Å². The molecule has 6 heteroatoms. The van der Waals surface area contributed by atoms with Crippen LogP contribution in [-0.2, 0) is 0 Å². The summed E-state index contributed by atoms with van der Waals surface area (Å²) in [5, 5.41) is 13.6. The van der Waals surface area contributed by atoms with Crippen molar-refractivity contribution < 1.29 is 5.11 Å². The van der Waals surface area contributed by atoms with Gasteiger partial charge in [-0.25, -0.2) is 4.98 Å². The van der Waals surface area contributed by atoms with Crippen molar-refractivity contribution in [3.8, 4) is 0 Å². The van der Waals surface area contributed by atoms with Gasteiger partial charge in [0.2, 0.25) is 5.95 Å². The van der Waals surface area contributed by atoms with E-state index in [1.807, 2.05) is 25.1 Å². The van der Waals surface area contributed by atoms with E-state index in [0.717, 1.165) is 29.3 Å². The maximum Gasteiger partial charge on any atom is 0.222 e. The molecule has 1 aromatic carbocycles. The van der Waals surface area contributed by atoms with Crippen LogP contribution in [0.25, 0.3) is 10.9 Å². The van der Waals surface area contributed by atoms with Crippen molar-refractivity contribution in [2.75, 3.05) is 17.7 Å². The molecule has 0 unspecified atom stereocenters. The fourth-order valence-corrected chi connectivity index (χ4v) is 2.12. The fraction of sp³-hybridized carbons (Fsp3) is 0.429. The fourth-order valence-electron chi connectivity index (χ4n) is 2.12. The zero-order valence-electron chi connectivity index (χ0n) is 11.8. The Morgan fingerprint density at radius 1 is 1.35 bits per heavy atom. The minimum atomic E-state index is -0.0111. The van der Waals surface area contributed by atoms with Crippen molar-refractivity contribution >= 4 is 36.2 Å². The number of nitrogen functional groups attached to an aromatic ring is 1. The van der Waals surface area contributed by atoms with Crippen LogP contribution in [0.3, 0.4) is 0 Å². The molecule has 0 saturated heterocycles. The summed E-state index contributed by atoms with van der Waals surface area (Å²) in [6, 6.07) is 5.94. The first-order valence-electron chi connectivity index (χ1n) is 6.55. The molecule has 20 heavy (non-hydrogen) atoms. The molecule has 2 rings (SSSR count). The second-order valence-electron chi connectivity index (χ2n) is 4.76. The van der Waals surface area contributed by atoms with Gasteiger partial charge in [-0.3, -0.25) is 0 Å². The van der Waals surface area contributed by atoms with Crippen LogP contribution in [0.4, 0.5) is 11.8 Å². The zero-order valence-corrected chi connectivity index (χ0v) is 12.8. The predicted molar refractivity (Wildman–Crippen MR) is 88.5 cm³/mol. The highest BCUT2D eigenvalue weighted by molar-refractivity contribution is 7.59. The molecular formula is C14H22N4OS. The van der Waals surface area contributed by atoms with E-state index in [9.17, 15) is 5.11 Å². The zero-order chi connectivity index (χ0) is 13.8. The number of aliphatic hydroxyl groups is 1. The molecular weight excluding hydrogens is 272 g/mol. The average Bonchev–Trinajstić information content (AvgIpc) is 2.39. The van der Waals surface area contributed by atoms with E-state index in [0.29, 0.717) is 5.82 Å². The van der Waals surface area contributed by atoms with Gasteiger partial charge in [0.15, 0.2) is 0 Å². The van der Waals surface area contributed by atoms with Gasteiger partial charge in [0.25, 0.3) is 0 Å². The van der Waals surface area contributed by atoms with Crippen molar-refractivity contribution in [1.82, 2.24) is 9.97 Å². The number of nitrogens with two attached hydrogens (primary N) is 1. The summed E-state index contributed by atoms with van der Waals surface area (Å²) >= 11 is 0. The monoisotopic (exact) mass is 294 g/mol. The van der Waals surface area contributed by atoms with E-state index in [1.54, 1.807) is 0 Å². The lowest BCUT2D eigenvalue weighted by Crippen LogP contribution is -2.24. The Labute approximate surface area is 126 Å². The first-order chi connectivity index (χ1) is 9.13. The summed E-state index contributed by atoms with van der Waals surface area (Å²) in [5.41, 5.74) is 7.68. The van der Waals surface area contributed by atoms with E-state index in [-0.39, 0.29) is 32.1 Å². The van der Waals surface area contributed by atoms with Crippen molar-refractivity contribution in [3.05, 3.63) is 23.8 Å². The molecule has 0 amide bonds. The largest absolute Gasteiger partial charge is 0.394 e. The summed E-state index contributed by atoms with van der Waals surface area (Å²) in [4.78, 5) is 8.48. The lowest BCUT2D eigenvalue weighted by Gasteiger charge is -2.17. The van der Waals surface area contributed by atoms with Crippen LogP contribution in [0, 0.1) is 6.92 Å². The van der Waals surface area contributed by atoms with Gasteiger partial charge < -0.3 is 16.2 Å². The minimum Gasteiger partial charge on any atom is -0.394 e. The SMILES string of the molecule is CCC[C@@H](CO)Nc1nc(N)nc2ccc(C)cc12.S. The number of nitrogens with one attached hydrogen (secondary N) is 1. The predicted octanol–water partition coefficient (Wildman–Crippen LogP) is 2.21. The third kappa shape index (κ3) is 3.74. The molecule has 0 spiro atoms. The second kappa shape index (κ2) is 7.31. The van der Waals surface area contributed by atoms with Gasteiger partial charge in [0, 0.05) is 5.39 Å². The summed E-state index contributed by atoms with van der Waals surface area (Å²) < 4.78 is 0. The Kier molecular flexibility index (Phi) is 6.04. The molecule has 0 aliphatic rings. The smallest absolute Gasteiger partial charge is 0.222 e. The van der Waals surface area contributed by atoms with Gasteiger partial charge in [-0.15, -0.1) is 0 Å². The first-order valence-corrected chi connectivity index (χ1v) is 6.55. The normalized spacial score (nSPS) is 11.9. The summed E-state index contributed by atoms with van der Waals surface area (Å²) in [6.45, 7) is 4.18. The molecule has 1 atom stereocenters. The number of nitrogens with zero attached hydrogens (tertiary/aromatic N) is 2. The molecule has 4 N–H and O–H groups in total. The van der Waals surface area contributed by atoms with Crippen molar-refractivity contribution in [1.29, 1.82) is 0 Å². The van der Waals surface area contributed by atoms with E-state index >= 15 is 0 Å². The van der Waals surface area contributed by atoms with E-state index in [2.05, 4.69) is 22.2 Å². The highest BCUT2D eigenvalue weighted by Crippen LogP contribution is 2.23.